The molecule has 0 aromatic heterocycles. The molecular weight excluding hydrogens is 312 g/mol. The average molecular weight is 322 g/mol. The number of benzene rings is 1. The smallest absolute Gasteiger partial charge is 0.318 e. The Kier molecular flexibility index (Phi) is 4.60. The minimum atomic E-state index is -1.01. The number of amides is 3. The van der Waals surface area contributed by atoms with Gasteiger partial charge in [-0.3, -0.25) is 10.1 Å². The minimum Gasteiger partial charge on any atom is -0.371 e. The normalized spacial score (nSPS) is 11.8. The van der Waals surface area contributed by atoms with Crippen LogP contribution in [0.15, 0.2) is 16.6 Å². The molecule has 1 aromatic rings. The molecule has 0 spiro atoms. The molecule has 5 nitrogen and oxygen atoms in total. The number of nitrogens with two attached hydrogens (primary N) is 1. The fourth-order valence-corrected chi connectivity index (χ4v) is 1.51. The van der Waals surface area contributed by atoms with E-state index in [9.17, 15) is 18.4 Å². The van der Waals surface area contributed by atoms with Crippen molar-refractivity contribution in [3.63, 3.8) is 0 Å². The van der Waals surface area contributed by atoms with Gasteiger partial charge in [-0.1, -0.05) is 0 Å². The van der Waals surface area contributed by atoms with Crippen molar-refractivity contribution in [3.8, 4) is 0 Å². The highest BCUT2D eigenvalue weighted by atomic mass is 79.9. The average Bonchev–Trinajstić information content (AvgIpc) is 2.24. The molecule has 4 N–H and O–H groups in total. The van der Waals surface area contributed by atoms with Gasteiger partial charge in [0.1, 0.15) is 17.7 Å². The van der Waals surface area contributed by atoms with Gasteiger partial charge in [-0.05, 0) is 28.9 Å². The van der Waals surface area contributed by atoms with Crippen LogP contribution in [0.25, 0.3) is 0 Å². The Morgan fingerprint density at radius 2 is 1.94 bits per heavy atom. The summed E-state index contributed by atoms with van der Waals surface area (Å²) >= 11 is 2.89. The highest BCUT2D eigenvalue weighted by Crippen LogP contribution is 2.24. The second kappa shape index (κ2) is 5.76. The second-order valence-corrected chi connectivity index (χ2v) is 4.32. The van der Waals surface area contributed by atoms with Crippen LogP contribution < -0.4 is 16.4 Å². The minimum absolute atomic E-state index is 0.0499. The van der Waals surface area contributed by atoms with Gasteiger partial charge in [0.05, 0.1) is 10.2 Å². The van der Waals surface area contributed by atoms with Gasteiger partial charge in [0.15, 0.2) is 0 Å². The fourth-order valence-electron chi connectivity index (χ4n) is 1.16. The first kappa shape index (κ1) is 14.4. The van der Waals surface area contributed by atoms with Crippen LogP contribution in [0.1, 0.15) is 6.92 Å². The number of carbonyl (C=O) groups is 2. The molecule has 18 heavy (non-hydrogen) atoms. The van der Waals surface area contributed by atoms with Gasteiger partial charge in [-0.15, -0.1) is 0 Å². The van der Waals surface area contributed by atoms with Crippen LogP contribution in [0.3, 0.4) is 0 Å². The van der Waals surface area contributed by atoms with Crippen molar-refractivity contribution < 1.29 is 18.4 Å². The van der Waals surface area contributed by atoms with Crippen molar-refractivity contribution in [1.82, 2.24) is 5.32 Å². The van der Waals surface area contributed by atoms with Crippen LogP contribution in [0, 0.1) is 11.6 Å². The maximum Gasteiger partial charge on any atom is 0.318 e. The summed E-state index contributed by atoms with van der Waals surface area (Å²) in [6, 6.07) is -0.0946. The monoisotopic (exact) mass is 321 g/mol. The van der Waals surface area contributed by atoms with E-state index in [0.717, 1.165) is 6.07 Å². The molecule has 0 heterocycles. The summed E-state index contributed by atoms with van der Waals surface area (Å²) in [6.45, 7) is 1.40. The predicted molar refractivity (Wildman–Crippen MR) is 64.9 cm³/mol. The van der Waals surface area contributed by atoms with E-state index in [4.69, 9.17) is 5.73 Å². The molecule has 0 aliphatic rings. The zero-order valence-electron chi connectivity index (χ0n) is 9.26. The Bertz CT molecular complexity index is 496. The van der Waals surface area contributed by atoms with Gasteiger partial charge < -0.3 is 11.1 Å². The van der Waals surface area contributed by atoms with Crippen molar-refractivity contribution in [1.29, 1.82) is 0 Å². The molecule has 0 saturated heterocycles. The standard InChI is InChI=1S/C10H10BrF2N3O2/c1-4(9(17)16-10(14)18)15-8-2-5(11)6(12)3-7(8)13/h2-4,15H,1H3,(H3,14,16,17,18). The molecule has 0 saturated carbocycles. The first-order valence-corrected chi connectivity index (χ1v) is 5.62. The summed E-state index contributed by atoms with van der Waals surface area (Å²) in [5, 5.41) is 4.33. The van der Waals surface area contributed by atoms with E-state index in [2.05, 4.69) is 21.2 Å². The van der Waals surface area contributed by atoms with E-state index < -0.39 is 29.6 Å². The molecule has 1 aromatic carbocycles. The lowest BCUT2D eigenvalue weighted by molar-refractivity contribution is -0.120. The molecule has 0 aliphatic heterocycles. The van der Waals surface area contributed by atoms with E-state index in [0.29, 0.717) is 6.07 Å². The Morgan fingerprint density at radius 1 is 1.33 bits per heavy atom. The molecule has 8 heteroatoms. The van der Waals surface area contributed by atoms with Crippen LogP contribution in [0.4, 0.5) is 19.3 Å². The molecule has 0 bridgehead atoms. The first-order chi connectivity index (χ1) is 8.31. The third-order valence-corrected chi connectivity index (χ3v) is 2.63. The van der Waals surface area contributed by atoms with Crippen LogP contribution in [0.2, 0.25) is 0 Å². The topological polar surface area (TPSA) is 84.2 Å². The van der Waals surface area contributed by atoms with Crippen molar-refractivity contribution in [2.45, 2.75) is 13.0 Å². The quantitative estimate of drug-likeness (QED) is 0.741. The molecule has 1 rings (SSSR count). The number of primary amides is 1. The predicted octanol–water partition coefficient (Wildman–Crippen LogP) is 1.72. The fraction of sp³-hybridized carbons (Fsp3) is 0.200. The number of anilines is 1. The lowest BCUT2D eigenvalue weighted by Crippen LogP contribution is -2.43. The summed E-state index contributed by atoms with van der Waals surface area (Å²) < 4.78 is 26.4. The van der Waals surface area contributed by atoms with Gasteiger partial charge in [-0.25, -0.2) is 13.6 Å². The van der Waals surface area contributed by atoms with Crippen LogP contribution in [-0.2, 0) is 4.79 Å². The van der Waals surface area contributed by atoms with Crippen LogP contribution in [-0.4, -0.2) is 18.0 Å². The molecule has 0 aliphatic carbocycles. The third-order valence-electron chi connectivity index (χ3n) is 2.02. The van der Waals surface area contributed by atoms with Gasteiger partial charge in [0.2, 0.25) is 5.91 Å². The number of imide groups is 1. The number of halogens is 3. The molecule has 0 fully saturated rings. The Labute approximate surface area is 110 Å². The summed E-state index contributed by atoms with van der Waals surface area (Å²) in [5.74, 6) is -2.33. The Hall–Kier alpha value is -1.70. The van der Waals surface area contributed by atoms with Crippen molar-refractivity contribution in [3.05, 3.63) is 28.2 Å². The Morgan fingerprint density at radius 3 is 2.50 bits per heavy atom. The van der Waals surface area contributed by atoms with Crippen LogP contribution >= 0.6 is 15.9 Å². The van der Waals surface area contributed by atoms with Gasteiger partial charge in [-0.2, -0.15) is 0 Å². The zero-order valence-corrected chi connectivity index (χ0v) is 10.8. The highest BCUT2D eigenvalue weighted by Gasteiger charge is 2.17. The van der Waals surface area contributed by atoms with E-state index in [1.807, 2.05) is 5.32 Å². The van der Waals surface area contributed by atoms with Crippen molar-refractivity contribution in [2.75, 3.05) is 5.32 Å². The lowest BCUT2D eigenvalue weighted by Gasteiger charge is -2.14. The van der Waals surface area contributed by atoms with Gasteiger partial charge >= 0.3 is 6.03 Å². The lowest BCUT2D eigenvalue weighted by atomic mass is 10.2. The summed E-state index contributed by atoms with van der Waals surface area (Å²) in [7, 11) is 0. The van der Waals surface area contributed by atoms with Crippen LogP contribution in [0.5, 0.6) is 0 Å². The zero-order chi connectivity index (χ0) is 13.9. The van der Waals surface area contributed by atoms with Gasteiger partial charge in [0, 0.05) is 6.07 Å². The second-order valence-electron chi connectivity index (χ2n) is 3.47. The van der Waals surface area contributed by atoms with Crippen molar-refractivity contribution >= 4 is 33.6 Å². The van der Waals surface area contributed by atoms with Crippen molar-refractivity contribution in [2.24, 2.45) is 5.73 Å². The highest BCUT2D eigenvalue weighted by molar-refractivity contribution is 9.10. The summed E-state index contributed by atoms with van der Waals surface area (Å²) in [6.07, 6.45) is 0. The SMILES string of the molecule is CC(Nc1cc(Br)c(F)cc1F)C(=O)NC(N)=O. The van der Waals surface area contributed by atoms with E-state index >= 15 is 0 Å². The number of carbonyl (C=O) groups excluding carboxylic acids is 2. The molecular formula is C10H10BrF2N3O2. The molecule has 3 amide bonds. The summed E-state index contributed by atoms with van der Waals surface area (Å²) in [5.41, 5.74) is 4.69. The van der Waals surface area contributed by atoms with Gasteiger partial charge in [0.25, 0.3) is 0 Å². The third kappa shape index (κ3) is 3.66. The molecule has 1 atom stereocenters. The molecule has 0 radical (unpaired) electrons. The number of rotatable bonds is 3. The maximum absolute atomic E-state index is 13.4. The molecule has 1 unspecified atom stereocenters. The number of hydrogen-bond donors (Lipinski definition) is 3. The summed E-state index contributed by atoms with van der Waals surface area (Å²) in [4.78, 5) is 21.8. The van der Waals surface area contributed by atoms with E-state index in [-0.39, 0.29) is 10.2 Å². The Balaban J connectivity index is 2.81. The number of urea groups is 1. The maximum atomic E-state index is 13.4. The molecule has 98 valence electrons. The largest absolute Gasteiger partial charge is 0.371 e. The van der Waals surface area contributed by atoms with E-state index in [1.165, 1.54) is 6.92 Å². The number of hydrogen-bond acceptors (Lipinski definition) is 3. The number of nitrogens with one attached hydrogen (secondary N) is 2. The van der Waals surface area contributed by atoms with E-state index in [1.54, 1.807) is 0 Å². The first-order valence-electron chi connectivity index (χ1n) is 4.82.